The molecule has 0 saturated carbocycles. The van der Waals surface area contributed by atoms with Gasteiger partial charge in [-0.3, -0.25) is 0 Å². The third kappa shape index (κ3) is 2.50. The molecule has 0 aliphatic heterocycles. The van der Waals surface area contributed by atoms with Gasteiger partial charge in [0.1, 0.15) is 11.4 Å². The highest BCUT2D eigenvalue weighted by Gasteiger charge is 2.20. The zero-order valence-corrected chi connectivity index (χ0v) is 11.5. The molecule has 0 aliphatic carbocycles. The van der Waals surface area contributed by atoms with Crippen LogP contribution in [0, 0.1) is 0 Å². The Hall–Kier alpha value is -2.15. The zero-order chi connectivity index (χ0) is 13.8. The Kier molecular flexibility index (Phi) is 3.96. The molecule has 0 saturated heterocycles. The average Bonchev–Trinajstić information content (AvgIpc) is 2.98. The van der Waals surface area contributed by atoms with E-state index in [1.54, 1.807) is 5.51 Å². The van der Waals surface area contributed by atoms with Crippen LogP contribution in [0.1, 0.15) is 10.5 Å². The minimum Gasteiger partial charge on any atom is -0.493 e. The van der Waals surface area contributed by atoms with Crippen molar-refractivity contribution in [2.75, 3.05) is 21.3 Å². The zero-order valence-electron chi connectivity index (χ0n) is 10.7. The molecule has 0 aliphatic rings. The van der Waals surface area contributed by atoms with Gasteiger partial charge in [-0.2, -0.15) is 0 Å². The van der Waals surface area contributed by atoms with Crippen LogP contribution in [0.3, 0.4) is 0 Å². The second-order valence-corrected chi connectivity index (χ2v) is 4.18. The summed E-state index contributed by atoms with van der Waals surface area (Å²) in [6, 6.07) is 1.47. The Labute approximate surface area is 114 Å². The van der Waals surface area contributed by atoms with Crippen LogP contribution in [-0.4, -0.2) is 37.3 Å². The van der Waals surface area contributed by atoms with Gasteiger partial charge in [0.25, 0.3) is 0 Å². The summed E-state index contributed by atoms with van der Waals surface area (Å²) in [7, 11) is 4.29. The molecule has 6 nitrogen and oxygen atoms in total. The largest absolute Gasteiger partial charge is 0.493 e. The van der Waals surface area contributed by atoms with Gasteiger partial charge in [0.15, 0.2) is 17.2 Å². The van der Waals surface area contributed by atoms with E-state index in [0.717, 1.165) is 0 Å². The molecule has 0 atom stereocenters. The standard InChI is InChI=1S/C12H12N2O4S/c1-16-9-4-7(12(15)18-3)14-10(11(9)17-2)8-5-19-6-13-8/h4-6H,1-3H3. The monoisotopic (exact) mass is 280 g/mol. The number of rotatable bonds is 4. The van der Waals surface area contributed by atoms with Crippen LogP contribution in [0.2, 0.25) is 0 Å². The molecular weight excluding hydrogens is 268 g/mol. The highest BCUT2D eigenvalue weighted by molar-refractivity contribution is 7.07. The number of aromatic nitrogens is 2. The molecule has 0 N–H and O–H groups in total. The molecule has 7 heteroatoms. The summed E-state index contributed by atoms with van der Waals surface area (Å²) in [5.74, 6) is 0.291. The fourth-order valence-electron chi connectivity index (χ4n) is 1.57. The maximum atomic E-state index is 11.6. The minimum absolute atomic E-state index is 0.142. The second kappa shape index (κ2) is 5.66. The van der Waals surface area contributed by atoms with Crippen LogP contribution >= 0.6 is 11.3 Å². The van der Waals surface area contributed by atoms with E-state index in [1.165, 1.54) is 38.7 Å². The van der Waals surface area contributed by atoms with Crippen LogP contribution < -0.4 is 9.47 Å². The van der Waals surface area contributed by atoms with E-state index >= 15 is 0 Å². The van der Waals surface area contributed by atoms with Crippen LogP contribution in [-0.2, 0) is 4.74 Å². The summed E-state index contributed by atoms with van der Waals surface area (Å²) >= 11 is 1.42. The van der Waals surface area contributed by atoms with Gasteiger partial charge >= 0.3 is 5.97 Å². The first-order valence-electron chi connectivity index (χ1n) is 5.31. The molecule has 0 fully saturated rings. The van der Waals surface area contributed by atoms with Gasteiger partial charge in [0.05, 0.1) is 26.8 Å². The van der Waals surface area contributed by atoms with Crippen molar-refractivity contribution in [1.82, 2.24) is 9.97 Å². The molecular formula is C12H12N2O4S. The summed E-state index contributed by atoms with van der Waals surface area (Å²) in [6.45, 7) is 0. The SMILES string of the molecule is COC(=O)c1cc(OC)c(OC)c(-c2cscn2)n1. The van der Waals surface area contributed by atoms with E-state index in [2.05, 4.69) is 14.7 Å². The molecule has 0 aromatic carbocycles. The van der Waals surface area contributed by atoms with E-state index in [-0.39, 0.29) is 5.69 Å². The molecule has 0 amide bonds. The molecule has 0 bridgehead atoms. The summed E-state index contributed by atoms with van der Waals surface area (Å²) in [4.78, 5) is 20.0. The third-order valence-electron chi connectivity index (χ3n) is 2.43. The fourth-order valence-corrected chi connectivity index (χ4v) is 2.11. The summed E-state index contributed by atoms with van der Waals surface area (Å²) in [6.07, 6.45) is 0. The van der Waals surface area contributed by atoms with E-state index in [9.17, 15) is 4.79 Å². The number of esters is 1. The van der Waals surface area contributed by atoms with Crippen molar-refractivity contribution in [3.05, 3.63) is 22.7 Å². The summed E-state index contributed by atoms with van der Waals surface area (Å²) < 4.78 is 15.2. The number of carbonyl (C=O) groups is 1. The van der Waals surface area contributed by atoms with Crippen molar-refractivity contribution < 1.29 is 19.0 Å². The first kappa shape index (κ1) is 13.3. The lowest BCUT2D eigenvalue weighted by Crippen LogP contribution is -2.07. The van der Waals surface area contributed by atoms with Gasteiger partial charge in [-0.05, 0) is 0 Å². The highest BCUT2D eigenvalue weighted by atomic mass is 32.1. The molecule has 0 radical (unpaired) electrons. The molecule has 2 rings (SSSR count). The number of thiazole rings is 1. The third-order valence-corrected chi connectivity index (χ3v) is 3.02. The maximum Gasteiger partial charge on any atom is 0.356 e. The van der Waals surface area contributed by atoms with Crippen molar-refractivity contribution >= 4 is 17.3 Å². The van der Waals surface area contributed by atoms with E-state index in [0.29, 0.717) is 22.9 Å². The number of hydrogen-bond acceptors (Lipinski definition) is 7. The molecule has 2 aromatic rings. The molecule has 0 unspecified atom stereocenters. The number of ether oxygens (including phenoxy) is 3. The van der Waals surface area contributed by atoms with Gasteiger partial charge in [-0.15, -0.1) is 11.3 Å². The van der Waals surface area contributed by atoms with Crippen LogP contribution in [0.5, 0.6) is 11.5 Å². The van der Waals surface area contributed by atoms with Crippen molar-refractivity contribution in [2.24, 2.45) is 0 Å². The Morgan fingerprint density at radius 3 is 2.58 bits per heavy atom. The van der Waals surface area contributed by atoms with Crippen molar-refractivity contribution in [1.29, 1.82) is 0 Å². The fraction of sp³-hybridized carbons (Fsp3) is 0.250. The minimum atomic E-state index is -0.544. The van der Waals surface area contributed by atoms with Gasteiger partial charge < -0.3 is 14.2 Å². The average molecular weight is 280 g/mol. The smallest absolute Gasteiger partial charge is 0.356 e. The number of hydrogen-bond donors (Lipinski definition) is 0. The molecule has 0 spiro atoms. The lowest BCUT2D eigenvalue weighted by molar-refractivity contribution is 0.0593. The lowest BCUT2D eigenvalue weighted by atomic mass is 10.2. The molecule has 2 aromatic heterocycles. The Balaban J connectivity index is 2.65. The number of nitrogens with zero attached hydrogens (tertiary/aromatic N) is 2. The van der Waals surface area contributed by atoms with E-state index in [1.807, 2.05) is 5.38 Å². The molecule has 100 valence electrons. The van der Waals surface area contributed by atoms with Crippen LogP contribution in [0.25, 0.3) is 11.4 Å². The van der Waals surface area contributed by atoms with Crippen molar-refractivity contribution in [3.63, 3.8) is 0 Å². The molecule has 2 heterocycles. The Bertz CT molecular complexity index is 584. The van der Waals surface area contributed by atoms with Crippen molar-refractivity contribution in [3.8, 4) is 22.9 Å². The number of methoxy groups -OCH3 is 3. The van der Waals surface area contributed by atoms with Crippen molar-refractivity contribution in [2.45, 2.75) is 0 Å². The second-order valence-electron chi connectivity index (χ2n) is 3.46. The Morgan fingerprint density at radius 2 is 2.05 bits per heavy atom. The Morgan fingerprint density at radius 1 is 1.26 bits per heavy atom. The van der Waals surface area contributed by atoms with Gasteiger partial charge in [0.2, 0.25) is 0 Å². The lowest BCUT2D eigenvalue weighted by Gasteiger charge is -2.12. The van der Waals surface area contributed by atoms with Gasteiger partial charge in [-0.25, -0.2) is 14.8 Å². The van der Waals surface area contributed by atoms with Gasteiger partial charge in [-0.1, -0.05) is 0 Å². The number of carbonyl (C=O) groups excluding carboxylic acids is 1. The maximum absolute atomic E-state index is 11.6. The summed E-state index contributed by atoms with van der Waals surface area (Å²) in [5, 5.41) is 1.81. The highest BCUT2D eigenvalue weighted by Crippen LogP contribution is 2.36. The first-order valence-corrected chi connectivity index (χ1v) is 6.25. The number of pyridine rings is 1. The van der Waals surface area contributed by atoms with E-state index in [4.69, 9.17) is 9.47 Å². The normalized spacial score (nSPS) is 10.1. The first-order chi connectivity index (χ1) is 9.21. The van der Waals surface area contributed by atoms with Crippen LogP contribution in [0.15, 0.2) is 17.0 Å². The topological polar surface area (TPSA) is 70.5 Å². The van der Waals surface area contributed by atoms with Crippen LogP contribution in [0.4, 0.5) is 0 Å². The quantitative estimate of drug-likeness (QED) is 0.798. The van der Waals surface area contributed by atoms with Gasteiger partial charge in [0, 0.05) is 11.4 Å². The predicted molar refractivity (Wildman–Crippen MR) is 69.8 cm³/mol. The summed E-state index contributed by atoms with van der Waals surface area (Å²) in [5.41, 5.74) is 2.88. The molecule has 19 heavy (non-hydrogen) atoms. The predicted octanol–water partition coefficient (Wildman–Crippen LogP) is 2.01. The van der Waals surface area contributed by atoms with E-state index < -0.39 is 5.97 Å².